The van der Waals surface area contributed by atoms with Crippen LogP contribution >= 0.6 is 0 Å². The SMILES string of the molecule is CCNc1ncccc1C(=O)NCC(C)N(C)C. The number of nitrogens with zero attached hydrogens (tertiary/aromatic N) is 2. The zero-order valence-electron chi connectivity index (χ0n) is 11.5. The summed E-state index contributed by atoms with van der Waals surface area (Å²) in [7, 11) is 3.98. The van der Waals surface area contributed by atoms with E-state index in [2.05, 4.69) is 27.4 Å². The van der Waals surface area contributed by atoms with E-state index in [9.17, 15) is 4.79 Å². The number of amides is 1. The van der Waals surface area contributed by atoms with Crippen LogP contribution in [0.25, 0.3) is 0 Å². The van der Waals surface area contributed by atoms with E-state index in [0.29, 0.717) is 24.0 Å². The van der Waals surface area contributed by atoms with Crippen LogP contribution in [-0.2, 0) is 0 Å². The number of aromatic nitrogens is 1. The minimum absolute atomic E-state index is 0.0900. The molecule has 0 spiro atoms. The molecule has 1 amide bonds. The van der Waals surface area contributed by atoms with Gasteiger partial charge in [0.25, 0.3) is 5.91 Å². The molecule has 0 aliphatic heterocycles. The van der Waals surface area contributed by atoms with Gasteiger partial charge in [0.15, 0.2) is 0 Å². The molecule has 0 aliphatic carbocycles. The first-order valence-corrected chi connectivity index (χ1v) is 6.19. The first-order valence-electron chi connectivity index (χ1n) is 6.19. The second kappa shape index (κ2) is 6.96. The second-order valence-corrected chi connectivity index (χ2v) is 4.45. The summed E-state index contributed by atoms with van der Waals surface area (Å²) in [6.45, 7) is 5.40. The molecule has 1 rings (SSSR count). The molecule has 0 aliphatic rings. The van der Waals surface area contributed by atoms with Crippen LogP contribution < -0.4 is 10.6 Å². The number of hydrogen-bond acceptors (Lipinski definition) is 4. The van der Waals surface area contributed by atoms with E-state index in [1.54, 1.807) is 18.3 Å². The zero-order chi connectivity index (χ0) is 13.5. The van der Waals surface area contributed by atoms with Crippen molar-refractivity contribution in [3.05, 3.63) is 23.9 Å². The smallest absolute Gasteiger partial charge is 0.255 e. The normalized spacial score (nSPS) is 12.3. The Morgan fingerprint density at radius 1 is 1.50 bits per heavy atom. The minimum atomic E-state index is -0.0900. The summed E-state index contributed by atoms with van der Waals surface area (Å²) in [6, 6.07) is 3.85. The molecule has 0 saturated carbocycles. The Bertz CT molecular complexity index is 392. The summed E-state index contributed by atoms with van der Waals surface area (Å²) >= 11 is 0. The molecule has 1 unspecified atom stereocenters. The van der Waals surface area contributed by atoms with Gasteiger partial charge in [0.05, 0.1) is 5.56 Å². The standard InChI is InChI=1S/C13H22N4O/c1-5-14-12-11(7-6-8-15-12)13(18)16-9-10(2)17(3)4/h6-8,10H,5,9H2,1-4H3,(H,14,15)(H,16,18). The van der Waals surface area contributed by atoms with Gasteiger partial charge in [-0.1, -0.05) is 0 Å². The summed E-state index contributed by atoms with van der Waals surface area (Å²) in [5, 5.41) is 6.00. The van der Waals surface area contributed by atoms with E-state index in [4.69, 9.17) is 0 Å². The molecule has 0 radical (unpaired) electrons. The summed E-state index contributed by atoms with van der Waals surface area (Å²) < 4.78 is 0. The third-order valence-electron chi connectivity index (χ3n) is 2.84. The van der Waals surface area contributed by atoms with Crippen molar-refractivity contribution >= 4 is 11.7 Å². The molecule has 18 heavy (non-hydrogen) atoms. The van der Waals surface area contributed by atoms with Crippen molar-refractivity contribution in [2.45, 2.75) is 19.9 Å². The Balaban J connectivity index is 2.66. The van der Waals surface area contributed by atoms with Crippen molar-refractivity contribution < 1.29 is 4.79 Å². The van der Waals surface area contributed by atoms with Crippen molar-refractivity contribution in [1.82, 2.24) is 15.2 Å². The lowest BCUT2D eigenvalue weighted by Gasteiger charge is -2.20. The highest BCUT2D eigenvalue weighted by Gasteiger charge is 2.13. The van der Waals surface area contributed by atoms with Crippen LogP contribution in [0.2, 0.25) is 0 Å². The summed E-state index contributed by atoms with van der Waals surface area (Å²) in [5.74, 6) is 0.544. The summed E-state index contributed by atoms with van der Waals surface area (Å²) in [6.07, 6.45) is 1.68. The Hall–Kier alpha value is -1.62. The highest BCUT2D eigenvalue weighted by Crippen LogP contribution is 2.10. The third kappa shape index (κ3) is 4.00. The molecule has 1 atom stereocenters. The molecule has 1 aromatic rings. The van der Waals surface area contributed by atoms with Crippen LogP contribution in [0.1, 0.15) is 24.2 Å². The monoisotopic (exact) mass is 250 g/mol. The molecule has 0 saturated heterocycles. The van der Waals surface area contributed by atoms with Gasteiger partial charge in [-0.05, 0) is 40.1 Å². The molecular weight excluding hydrogens is 228 g/mol. The van der Waals surface area contributed by atoms with Gasteiger partial charge in [-0.3, -0.25) is 4.79 Å². The average Bonchev–Trinajstić information content (AvgIpc) is 2.36. The van der Waals surface area contributed by atoms with E-state index in [0.717, 1.165) is 6.54 Å². The average molecular weight is 250 g/mol. The molecular formula is C13H22N4O. The topological polar surface area (TPSA) is 57.3 Å². The molecule has 5 heteroatoms. The molecule has 0 bridgehead atoms. The zero-order valence-corrected chi connectivity index (χ0v) is 11.5. The molecule has 0 fully saturated rings. The first-order chi connectivity index (χ1) is 8.56. The number of anilines is 1. The molecule has 2 N–H and O–H groups in total. The van der Waals surface area contributed by atoms with Gasteiger partial charge in [-0.25, -0.2) is 4.98 Å². The number of nitrogens with one attached hydrogen (secondary N) is 2. The van der Waals surface area contributed by atoms with Crippen molar-refractivity contribution in [1.29, 1.82) is 0 Å². The quantitative estimate of drug-likeness (QED) is 0.796. The van der Waals surface area contributed by atoms with E-state index in [1.807, 2.05) is 21.0 Å². The molecule has 100 valence electrons. The van der Waals surface area contributed by atoms with Crippen LogP contribution in [-0.4, -0.2) is 49.0 Å². The third-order valence-corrected chi connectivity index (χ3v) is 2.84. The lowest BCUT2D eigenvalue weighted by atomic mass is 10.2. The predicted octanol–water partition coefficient (Wildman–Crippen LogP) is 1.19. The fourth-order valence-corrected chi connectivity index (χ4v) is 1.42. The van der Waals surface area contributed by atoms with Crippen LogP contribution in [0.4, 0.5) is 5.82 Å². The van der Waals surface area contributed by atoms with Crippen LogP contribution in [0.3, 0.4) is 0 Å². The second-order valence-electron chi connectivity index (χ2n) is 4.45. The van der Waals surface area contributed by atoms with Crippen molar-refractivity contribution in [3.8, 4) is 0 Å². The van der Waals surface area contributed by atoms with Gasteiger partial charge in [0.1, 0.15) is 5.82 Å². The Labute approximate surface area is 109 Å². The van der Waals surface area contributed by atoms with E-state index in [-0.39, 0.29) is 5.91 Å². The van der Waals surface area contributed by atoms with Crippen LogP contribution in [0.15, 0.2) is 18.3 Å². The van der Waals surface area contributed by atoms with Crippen molar-refractivity contribution in [3.63, 3.8) is 0 Å². The molecule has 1 aromatic heterocycles. The van der Waals surface area contributed by atoms with Gasteiger partial charge < -0.3 is 15.5 Å². The Morgan fingerprint density at radius 2 is 2.22 bits per heavy atom. The number of likely N-dealkylation sites (N-methyl/N-ethyl adjacent to an activating group) is 1. The maximum Gasteiger partial charge on any atom is 0.255 e. The van der Waals surface area contributed by atoms with E-state index in [1.165, 1.54) is 0 Å². The van der Waals surface area contributed by atoms with Gasteiger partial charge in [0.2, 0.25) is 0 Å². The largest absolute Gasteiger partial charge is 0.370 e. The first kappa shape index (κ1) is 14.4. The number of carbonyl (C=O) groups excluding carboxylic acids is 1. The number of carbonyl (C=O) groups is 1. The van der Waals surface area contributed by atoms with Gasteiger partial charge in [-0.15, -0.1) is 0 Å². The lowest BCUT2D eigenvalue weighted by Crippen LogP contribution is -2.38. The summed E-state index contributed by atoms with van der Waals surface area (Å²) in [5.41, 5.74) is 0.588. The summed E-state index contributed by atoms with van der Waals surface area (Å²) in [4.78, 5) is 18.3. The van der Waals surface area contributed by atoms with E-state index >= 15 is 0 Å². The maximum atomic E-state index is 12.1. The van der Waals surface area contributed by atoms with Gasteiger partial charge >= 0.3 is 0 Å². The molecule has 1 heterocycles. The lowest BCUT2D eigenvalue weighted by molar-refractivity contribution is 0.0944. The fourth-order valence-electron chi connectivity index (χ4n) is 1.42. The molecule has 5 nitrogen and oxygen atoms in total. The van der Waals surface area contributed by atoms with Crippen LogP contribution in [0.5, 0.6) is 0 Å². The van der Waals surface area contributed by atoms with Gasteiger partial charge in [-0.2, -0.15) is 0 Å². The van der Waals surface area contributed by atoms with Crippen molar-refractivity contribution in [2.24, 2.45) is 0 Å². The highest BCUT2D eigenvalue weighted by atomic mass is 16.1. The number of hydrogen-bond donors (Lipinski definition) is 2. The number of pyridine rings is 1. The Morgan fingerprint density at radius 3 is 2.83 bits per heavy atom. The Kier molecular flexibility index (Phi) is 5.58. The maximum absolute atomic E-state index is 12.1. The highest BCUT2D eigenvalue weighted by molar-refractivity contribution is 5.98. The fraction of sp³-hybridized carbons (Fsp3) is 0.538. The van der Waals surface area contributed by atoms with E-state index < -0.39 is 0 Å². The number of rotatable bonds is 6. The predicted molar refractivity (Wildman–Crippen MR) is 73.9 cm³/mol. The molecule has 0 aromatic carbocycles. The van der Waals surface area contributed by atoms with Crippen LogP contribution in [0, 0.1) is 0 Å². The minimum Gasteiger partial charge on any atom is -0.370 e. The van der Waals surface area contributed by atoms with Crippen molar-refractivity contribution in [2.75, 3.05) is 32.5 Å². The van der Waals surface area contributed by atoms with Gasteiger partial charge in [0, 0.05) is 25.3 Å².